The summed E-state index contributed by atoms with van der Waals surface area (Å²) in [6.45, 7) is 3.68. The summed E-state index contributed by atoms with van der Waals surface area (Å²) in [6, 6.07) is 17.1. The molecular formula is C25H27FN4O2. The van der Waals surface area contributed by atoms with Crippen molar-refractivity contribution in [2.24, 2.45) is 0 Å². The lowest BCUT2D eigenvalue weighted by atomic mass is 10.1. The fourth-order valence-electron chi connectivity index (χ4n) is 3.71. The second-order valence-corrected chi connectivity index (χ2v) is 7.96. The Balaban J connectivity index is 1.35. The fraction of sp³-hybridized carbons (Fsp3) is 0.320. The molecule has 2 aromatic carbocycles. The monoisotopic (exact) mass is 434 g/mol. The molecule has 1 N–H and O–H groups in total. The van der Waals surface area contributed by atoms with E-state index < -0.39 is 11.9 Å². The lowest BCUT2D eigenvalue weighted by Gasteiger charge is -2.20. The Morgan fingerprint density at radius 3 is 2.41 bits per heavy atom. The number of ether oxygens (including phenoxy) is 1. The molecule has 1 saturated heterocycles. The van der Waals surface area contributed by atoms with Gasteiger partial charge >= 0.3 is 0 Å². The molecule has 166 valence electrons. The lowest BCUT2D eigenvalue weighted by Crippen LogP contribution is -2.30. The molecule has 1 aliphatic heterocycles. The van der Waals surface area contributed by atoms with E-state index >= 15 is 0 Å². The van der Waals surface area contributed by atoms with Crippen molar-refractivity contribution in [2.45, 2.75) is 38.7 Å². The van der Waals surface area contributed by atoms with Crippen LogP contribution in [0.25, 0.3) is 11.3 Å². The van der Waals surface area contributed by atoms with E-state index in [1.165, 1.54) is 43.9 Å². The number of halogens is 1. The number of aromatic nitrogens is 2. The first kappa shape index (κ1) is 21.7. The highest BCUT2D eigenvalue weighted by Gasteiger charge is 2.16. The van der Waals surface area contributed by atoms with E-state index in [1.807, 2.05) is 36.4 Å². The van der Waals surface area contributed by atoms with Gasteiger partial charge in [-0.3, -0.25) is 4.79 Å². The van der Waals surface area contributed by atoms with Crippen LogP contribution in [0.3, 0.4) is 0 Å². The molecule has 0 bridgehead atoms. The number of hydrogen-bond acceptors (Lipinski definition) is 5. The zero-order valence-electron chi connectivity index (χ0n) is 18.1. The SMILES string of the molecule is CC(Oc1cccc(F)c1)C(=O)Nc1ccc(-c2ccc(N3CCCCCC3)nn2)cc1. The predicted octanol–water partition coefficient (Wildman–Crippen LogP) is 5.07. The van der Waals surface area contributed by atoms with E-state index in [4.69, 9.17) is 4.74 Å². The molecule has 1 fully saturated rings. The Labute approximate surface area is 187 Å². The van der Waals surface area contributed by atoms with Crippen LogP contribution in [-0.4, -0.2) is 35.3 Å². The minimum Gasteiger partial charge on any atom is -0.481 e. The van der Waals surface area contributed by atoms with Crippen LogP contribution >= 0.6 is 0 Å². The van der Waals surface area contributed by atoms with Gasteiger partial charge in [-0.05, 0) is 56.2 Å². The molecule has 0 saturated carbocycles. The topological polar surface area (TPSA) is 67.3 Å². The maximum atomic E-state index is 13.3. The molecule has 1 aromatic heterocycles. The third-order valence-electron chi connectivity index (χ3n) is 5.51. The summed E-state index contributed by atoms with van der Waals surface area (Å²) < 4.78 is 18.8. The van der Waals surface area contributed by atoms with E-state index in [0.29, 0.717) is 11.4 Å². The minimum atomic E-state index is -0.770. The number of nitrogens with one attached hydrogen (secondary N) is 1. The van der Waals surface area contributed by atoms with Crippen LogP contribution in [0.15, 0.2) is 60.7 Å². The van der Waals surface area contributed by atoms with E-state index in [9.17, 15) is 9.18 Å². The fourth-order valence-corrected chi connectivity index (χ4v) is 3.71. The quantitative estimate of drug-likeness (QED) is 0.587. The van der Waals surface area contributed by atoms with Crippen LogP contribution in [0.4, 0.5) is 15.9 Å². The molecule has 1 unspecified atom stereocenters. The summed E-state index contributed by atoms with van der Waals surface area (Å²) in [5.74, 6) is 0.508. The zero-order chi connectivity index (χ0) is 22.3. The molecule has 2 heterocycles. The van der Waals surface area contributed by atoms with Gasteiger partial charge in [0.1, 0.15) is 11.6 Å². The van der Waals surface area contributed by atoms with Crippen LogP contribution in [0, 0.1) is 5.82 Å². The van der Waals surface area contributed by atoms with Crippen molar-refractivity contribution in [3.63, 3.8) is 0 Å². The summed E-state index contributed by atoms with van der Waals surface area (Å²) in [5, 5.41) is 11.6. The van der Waals surface area contributed by atoms with Gasteiger partial charge in [0.25, 0.3) is 5.91 Å². The van der Waals surface area contributed by atoms with Crippen molar-refractivity contribution in [3.05, 3.63) is 66.5 Å². The van der Waals surface area contributed by atoms with Gasteiger partial charge in [0.15, 0.2) is 11.9 Å². The Kier molecular flexibility index (Phi) is 6.94. The highest BCUT2D eigenvalue weighted by Crippen LogP contribution is 2.22. The van der Waals surface area contributed by atoms with Gasteiger partial charge in [0.05, 0.1) is 5.69 Å². The molecule has 1 atom stereocenters. The third kappa shape index (κ3) is 5.60. The maximum absolute atomic E-state index is 13.3. The van der Waals surface area contributed by atoms with Crippen molar-refractivity contribution in [2.75, 3.05) is 23.3 Å². The molecule has 0 radical (unpaired) electrons. The molecule has 1 amide bonds. The second kappa shape index (κ2) is 10.2. The number of anilines is 2. The first-order chi connectivity index (χ1) is 15.6. The van der Waals surface area contributed by atoms with Gasteiger partial charge in [-0.15, -0.1) is 10.2 Å². The highest BCUT2D eigenvalue weighted by atomic mass is 19.1. The number of carbonyl (C=O) groups excluding carboxylic acids is 1. The van der Waals surface area contributed by atoms with Gasteiger partial charge in [-0.2, -0.15) is 0 Å². The molecular weight excluding hydrogens is 407 g/mol. The van der Waals surface area contributed by atoms with Crippen molar-refractivity contribution < 1.29 is 13.9 Å². The summed E-state index contributed by atoms with van der Waals surface area (Å²) in [4.78, 5) is 14.7. The Morgan fingerprint density at radius 1 is 1.00 bits per heavy atom. The van der Waals surface area contributed by atoms with E-state index in [0.717, 1.165) is 30.2 Å². The highest BCUT2D eigenvalue weighted by molar-refractivity contribution is 5.94. The Hall–Kier alpha value is -3.48. The zero-order valence-corrected chi connectivity index (χ0v) is 18.1. The number of rotatable bonds is 6. The number of carbonyl (C=O) groups is 1. The molecule has 7 heteroatoms. The minimum absolute atomic E-state index is 0.310. The van der Waals surface area contributed by atoms with Gasteiger partial charge in [0.2, 0.25) is 0 Å². The number of benzene rings is 2. The van der Waals surface area contributed by atoms with Gasteiger partial charge in [-0.25, -0.2) is 4.39 Å². The predicted molar refractivity (Wildman–Crippen MR) is 123 cm³/mol. The molecule has 0 aliphatic carbocycles. The van der Waals surface area contributed by atoms with Crippen molar-refractivity contribution >= 4 is 17.4 Å². The van der Waals surface area contributed by atoms with Crippen LogP contribution in [0.2, 0.25) is 0 Å². The normalized spacial score (nSPS) is 15.0. The summed E-state index contributed by atoms with van der Waals surface area (Å²) >= 11 is 0. The van der Waals surface area contributed by atoms with Crippen molar-refractivity contribution in [1.82, 2.24) is 10.2 Å². The molecule has 32 heavy (non-hydrogen) atoms. The molecule has 6 nitrogen and oxygen atoms in total. The number of hydrogen-bond donors (Lipinski definition) is 1. The first-order valence-electron chi connectivity index (χ1n) is 11.0. The largest absolute Gasteiger partial charge is 0.481 e. The number of amides is 1. The molecule has 1 aliphatic rings. The third-order valence-corrected chi connectivity index (χ3v) is 5.51. The summed E-state index contributed by atoms with van der Waals surface area (Å²) in [6.07, 6.45) is 4.18. The Morgan fingerprint density at radius 2 is 1.75 bits per heavy atom. The van der Waals surface area contributed by atoms with Crippen LogP contribution in [-0.2, 0) is 4.79 Å². The molecule has 3 aromatic rings. The average Bonchev–Trinajstić information content (AvgIpc) is 3.09. The van der Waals surface area contributed by atoms with Crippen molar-refractivity contribution in [1.29, 1.82) is 0 Å². The summed E-state index contributed by atoms with van der Waals surface area (Å²) in [5.41, 5.74) is 2.34. The standard InChI is InChI=1S/C25H27FN4O2/c1-18(32-22-8-6-7-20(26)17-22)25(31)27-21-11-9-19(10-12-21)23-13-14-24(29-28-23)30-15-4-2-3-5-16-30/h6-14,17-18H,2-5,15-16H2,1H3,(H,27,31). The van der Waals surface area contributed by atoms with Gasteiger partial charge in [-0.1, -0.05) is 31.0 Å². The molecule has 4 rings (SSSR count). The number of nitrogens with zero attached hydrogens (tertiary/aromatic N) is 3. The lowest BCUT2D eigenvalue weighted by molar-refractivity contribution is -0.122. The molecule has 0 spiro atoms. The first-order valence-corrected chi connectivity index (χ1v) is 11.0. The van der Waals surface area contributed by atoms with E-state index in [2.05, 4.69) is 20.4 Å². The second-order valence-electron chi connectivity index (χ2n) is 7.96. The van der Waals surface area contributed by atoms with Crippen LogP contribution < -0.4 is 15.0 Å². The van der Waals surface area contributed by atoms with Gasteiger partial charge in [0, 0.05) is 30.4 Å². The van der Waals surface area contributed by atoms with Gasteiger partial charge < -0.3 is 15.0 Å². The average molecular weight is 435 g/mol. The van der Waals surface area contributed by atoms with E-state index in [1.54, 1.807) is 13.0 Å². The Bertz CT molecular complexity index is 1030. The smallest absolute Gasteiger partial charge is 0.265 e. The van der Waals surface area contributed by atoms with Crippen molar-refractivity contribution in [3.8, 4) is 17.0 Å². The summed E-state index contributed by atoms with van der Waals surface area (Å²) in [7, 11) is 0. The van der Waals surface area contributed by atoms with Crippen LogP contribution in [0.5, 0.6) is 5.75 Å². The van der Waals surface area contributed by atoms with E-state index in [-0.39, 0.29) is 5.91 Å². The van der Waals surface area contributed by atoms with Crippen LogP contribution in [0.1, 0.15) is 32.6 Å². The maximum Gasteiger partial charge on any atom is 0.265 e.